The molecule has 5 nitrogen and oxygen atoms in total. The molecule has 6 heteroatoms. The maximum Gasteiger partial charge on any atom is 0.255 e. The van der Waals surface area contributed by atoms with E-state index in [2.05, 4.69) is 10.3 Å². The summed E-state index contributed by atoms with van der Waals surface area (Å²) in [4.78, 5) is 16.5. The fourth-order valence-electron chi connectivity index (χ4n) is 2.27. The van der Waals surface area contributed by atoms with E-state index in [0.29, 0.717) is 17.1 Å². The first-order valence-corrected chi connectivity index (χ1v) is 8.56. The van der Waals surface area contributed by atoms with Crippen molar-refractivity contribution in [1.29, 1.82) is 0 Å². The van der Waals surface area contributed by atoms with Gasteiger partial charge in [0.2, 0.25) is 5.88 Å². The van der Waals surface area contributed by atoms with Crippen LogP contribution in [0.25, 0.3) is 0 Å². The topological polar surface area (TPSA) is 60.5 Å². The van der Waals surface area contributed by atoms with E-state index >= 15 is 0 Å². The average Bonchev–Trinajstić information content (AvgIpc) is 3.09. The number of nitrogens with zero attached hydrogens (tertiary/aromatic N) is 1. The fourth-order valence-corrected chi connectivity index (χ4v) is 3.36. The summed E-state index contributed by atoms with van der Waals surface area (Å²) in [6.45, 7) is 0. The number of carbonyl (C=O) groups is 1. The second-order valence-corrected chi connectivity index (χ2v) is 6.32. The van der Waals surface area contributed by atoms with Crippen LogP contribution in [-0.4, -0.2) is 35.6 Å². The van der Waals surface area contributed by atoms with Gasteiger partial charge in [-0.15, -0.1) is 0 Å². The summed E-state index contributed by atoms with van der Waals surface area (Å²) in [6.07, 6.45) is 2.81. The van der Waals surface area contributed by atoms with Gasteiger partial charge in [-0.3, -0.25) is 4.79 Å². The number of nitrogens with one attached hydrogen (secondary N) is 1. The van der Waals surface area contributed by atoms with Gasteiger partial charge in [-0.05, 0) is 42.5 Å². The molecule has 1 unspecified atom stereocenters. The van der Waals surface area contributed by atoms with Crippen molar-refractivity contribution in [1.82, 2.24) is 4.98 Å². The van der Waals surface area contributed by atoms with E-state index in [4.69, 9.17) is 9.47 Å². The third kappa shape index (κ3) is 4.16. The number of ether oxygens (including phenoxy) is 2. The highest BCUT2D eigenvalue weighted by atomic mass is 32.2. The molecule has 2 heterocycles. The largest absolute Gasteiger partial charge is 0.497 e. The smallest absolute Gasteiger partial charge is 0.255 e. The summed E-state index contributed by atoms with van der Waals surface area (Å²) in [5, 5.41) is 2.85. The first-order valence-electron chi connectivity index (χ1n) is 7.40. The monoisotopic (exact) mass is 330 g/mol. The van der Waals surface area contributed by atoms with Gasteiger partial charge >= 0.3 is 0 Å². The van der Waals surface area contributed by atoms with Gasteiger partial charge in [0.1, 0.15) is 11.9 Å². The number of anilines is 1. The van der Waals surface area contributed by atoms with Gasteiger partial charge in [-0.25, -0.2) is 4.98 Å². The highest BCUT2D eigenvalue weighted by Crippen LogP contribution is 2.22. The van der Waals surface area contributed by atoms with E-state index in [0.717, 1.165) is 23.7 Å². The molecule has 0 bridgehead atoms. The average molecular weight is 330 g/mol. The first kappa shape index (κ1) is 15.7. The molecular formula is C17H18N2O3S. The van der Waals surface area contributed by atoms with Crippen molar-refractivity contribution in [3.63, 3.8) is 0 Å². The molecule has 1 atom stereocenters. The van der Waals surface area contributed by atoms with Gasteiger partial charge in [0.25, 0.3) is 5.91 Å². The molecule has 3 rings (SSSR count). The predicted molar refractivity (Wildman–Crippen MR) is 91.5 cm³/mol. The van der Waals surface area contributed by atoms with E-state index in [9.17, 15) is 4.79 Å². The second kappa shape index (κ2) is 7.37. The molecule has 0 spiro atoms. The third-order valence-electron chi connectivity index (χ3n) is 3.52. The lowest BCUT2D eigenvalue weighted by Crippen LogP contribution is -2.17. The molecule has 1 amide bonds. The molecule has 0 aliphatic carbocycles. The second-order valence-electron chi connectivity index (χ2n) is 5.17. The molecule has 0 radical (unpaired) electrons. The van der Waals surface area contributed by atoms with E-state index in [-0.39, 0.29) is 12.0 Å². The minimum Gasteiger partial charge on any atom is -0.497 e. The predicted octanol–water partition coefficient (Wildman–Crippen LogP) is 3.23. The molecule has 1 N–H and O–H groups in total. The summed E-state index contributed by atoms with van der Waals surface area (Å²) < 4.78 is 10.9. The number of carbonyl (C=O) groups excluding carboxylic acids is 1. The molecule has 23 heavy (non-hydrogen) atoms. The molecular weight excluding hydrogens is 312 g/mol. The molecule has 1 aliphatic rings. The Balaban J connectivity index is 1.66. The van der Waals surface area contributed by atoms with Gasteiger partial charge in [-0.2, -0.15) is 11.8 Å². The number of hydrogen-bond donors (Lipinski definition) is 1. The van der Waals surface area contributed by atoms with Crippen LogP contribution < -0.4 is 14.8 Å². The van der Waals surface area contributed by atoms with E-state index < -0.39 is 0 Å². The van der Waals surface area contributed by atoms with E-state index in [1.807, 2.05) is 11.8 Å². The zero-order valence-electron chi connectivity index (χ0n) is 12.8. The SMILES string of the molecule is COc1ccc(NC(=O)c2ccnc(OC3CCSC3)c2)cc1. The number of amides is 1. The van der Waals surface area contributed by atoms with Crippen molar-refractivity contribution in [3.05, 3.63) is 48.2 Å². The molecule has 120 valence electrons. The Morgan fingerprint density at radius 2 is 2.13 bits per heavy atom. The van der Waals surface area contributed by atoms with Crippen LogP contribution in [0.4, 0.5) is 5.69 Å². The Labute approximate surface area is 139 Å². The molecule has 1 aliphatic heterocycles. The molecule has 0 saturated carbocycles. The third-order valence-corrected chi connectivity index (χ3v) is 4.65. The van der Waals surface area contributed by atoms with Crippen LogP contribution in [0, 0.1) is 0 Å². The van der Waals surface area contributed by atoms with E-state index in [1.54, 1.807) is 49.7 Å². The summed E-state index contributed by atoms with van der Waals surface area (Å²) in [6, 6.07) is 10.6. The van der Waals surface area contributed by atoms with Crippen LogP contribution in [0.5, 0.6) is 11.6 Å². The van der Waals surface area contributed by atoms with Crippen molar-refractivity contribution in [2.75, 3.05) is 23.9 Å². The van der Waals surface area contributed by atoms with Crippen molar-refractivity contribution < 1.29 is 14.3 Å². The highest BCUT2D eigenvalue weighted by molar-refractivity contribution is 7.99. The summed E-state index contributed by atoms with van der Waals surface area (Å²) in [5.74, 6) is 3.15. The van der Waals surface area contributed by atoms with Crippen LogP contribution in [0.1, 0.15) is 16.8 Å². The van der Waals surface area contributed by atoms with Crippen LogP contribution in [0.15, 0.2) is 42.6 Å². The summed E-state index contributed by atoms with van der Waals surface area (Å²) >= 11 is 1.87. The van der Waals surface area contributed by atoms with Gasteiger partial charge in [0.15, 0.2) is 0 Å². The molecule has 1 saturated heterocycles. The maximum absolute atomic E-state index is 12.3. The Morgan fingerprint density at radius 3 is 2.83 bits per heavy atom. The van der Waals surface area contributed by atoms with Gasteiger partial charge in [0.05, 0.1) is 7.11 Å². The van der Waals surface area contributed by atoms with Crippen molar-refractivity contribution in [3.8, 4) is 11.6 Å². The molecule has 1 aromatic carbocycles. The lowest BCUT2D eigenvalue weighted by molar-refractivity contribution is 0.102. The number of thioether (sulfide) groups is 1. The number of rotatable bonds is 5. The van der Waals surface area contributed by atoms with Gasteiger partial charge in [0, 0.05) is 29.3 Å². The zero-order chi connectivity index (χ0) is 16.1. The Bertz CT molecular complexity index is 670. The van der Waals surface area contributed by atoms with Crippen molar-refractivity contribution in [2.24, 2.45) is 0 Å². The van der Waals surface area contributed by atoms with Gasteiger partial charge < -0.3 is 14.8 Å². The maximum atomic E-state index is 12.3. The minimum absolute atomic E-state index is 0.187. The Hall–Kier alpha value is -2.21. The lowest BCUT2D eigenvalue weighted by atomic mass is 10.2. The van der Waals surface area contributed by atoms with Crippen LogP contribution in [0.2, 0.25) is 0 Å². The van der Waals surface area contributed by atoms with E-state index in [1.165, 1.54) is 0 Å². The number of aromatic nitrogens is 1. The molecule has 1 fully saturated rings. The zero-order valence-corrected chi connectivity index (χ0v) is 13.6. The summed E-state index contributed by atoms with van der Waals surface area (Å²) in [5.41, 5.74) is 1.23. The van der Waals surface area contributed by atoms with Crippen molar-refractivity contribution in [2.45, 2.75) is 12.5 Å². The lowest BCUT2D eigenvalue weighted by Gasteiger charge is -2.12. The van der Waals surface area contributed by atoms with Crippen molar-refractivity contribution >= 4 is 23.4 Å². The molecule has 2 aromatic rings. The number of methoxy groups -OCH3 is 1. The summed E-state index contributed by atoms with van der Waals surface area (Å²) in [7, 11) is 1.61. The standard InChI is InChI=1S/C17H18N2O3S/c1-21-14-4-2-13(3-5-14)19-17(20)12-6-8-18-16(10-12)22-15-7-9-23-11-15/h2-6,8,10,15H,7,9,11H2,1H3,(H,19,20). The number of pyridine rings is 1. The number of hydrogen-bond acceptors (Lipinski definition) is 5. The van der Waals surface area contributed by atoms with Gasteiger partial charge in [-0.1, -0.05) is 0 Å². The van der Waals surface area contributed by atoms with Crippen LogP contribution in [-0.2, 0) is 0 Å². The van der Waals surface area contributed by atoms with Crippen LogP contribution >= 0.6 is 11.8 Å². The Kier molecular flexibility index (Phi) is 5.02. The quantitative estimate of drug-likeness (QED) is 0.912. The highest BCUT2D eigenvalue weighted by Gasteiger charge is 2.18. The molecule has 1 aromatic heterocycles. The number of benzene rings is 1. The minimum atomic E-state index is -0.191. The first-order chi connectivity index (χ1) is 11.2. The fraction of sp³-hybridized carbons (Fsp3) is 0.294. The van der Waals surface area contributed by atoms with Crippen LogP contribution in [0.3, 0.4) is 0 Å². The Morgan fingerprint density at radius 1 is 1.30 bits per heavy atom. The normalized spacial score (nSPS) is 16.8.